The highest BCUT2D eigenvalue weighted by molar-refractivity contribution is 6.30. The molecule has 0 aliphatic carbocycles. The van der Waals surface area contributed by atoms with Crippen LogP contribution in [0, 0.1) is 5.82 Å². The lowest BCUT2D eigenvalue weighted by molar-refractivity contribution is -0.0592. The third-order valence-corrected chi connectivity index (χ3v) is 8.24. The Kier molecular flexibility index (Phi) is 7.29. The van der Waals surface area contributed by atoms with Crippen molar-refractivity contribution in [1.82, 2.24) is 29.6 Å². The predicted octanol–water partition coefficient (Wildman–Crippen LogP) is 5.24. The number of benzene rings is 2. The number of hydrogen-bond acceptors (Lipinski definition) is 7. The third kappa shape index (κ3) is 5.58. The van der Waals surface area contributed by atoms with E-state index in [-0.39, 0.29) is 18.3 Å². The number of pyridine rings is 1. The topological polar surface area (TPSA) is 118 Å². The normalized spacial score (nSPS) is 16.7. The lowest BCUT2D eigenvalue weighted by Gasteiger charge is -2.30. The second kappa shape index (κ2) is 11.4. The molecular weight excluding hydrogens is 575 g/mol. The quantitative estimate of drug-likeness (QED) is 0.235. The van der Waals surface area contributed by atoms with Crippen molar-refractivity contribution in [3.8, 4) is 17.1 Å². The van der Waals surface area contributed by atoms with Gasteiger partial charge in [0.05, 0.1) is 52.7 Å². The highest BCUT2D eigenvalue weighted by atomic mass is 35.5. The zero-order valence-electron chi connectivity index (χ0n) is 23.1. The highest BCUT2D eigenvalue weighted by Crippen LogP contribution is 2.33. The molecule has 0 spiro atoms. The van der Waals surface area contributed by atoms with Gasteiger partial charge in [-0.2, -0.15) is 5.10 Å². The minimum absolute atomic E-state index is 0.0124. The summed E-state index contributed by atoms with van der Waals surface area (Å²) in [4.78, 5) is 23.7. The van der Waals surface area contributed by atoms with E-state index in [2.05, 4.69) is 25.7 Å². The number of aromatic amines is 1. The number of aromatic nitrogens is 5. The number of carboxylic acid groups (broad SMARTS) is 1. The van der Waals surface area contributed by atoms with Gasteiger partial charge in [-0.05, 0) is 60.9 Å². The van der Waals surface area contributed by atoms with Crippen molar-refractivity contribution in [2.45, 2.75) is 45.2 Å². The fraction of sp³-hybridized carbons (Fsp3) is 0.290. The maximum absolute atomic E-state index is 14.5. The molecule has 0 amide bonds. The molecular formula is C31H28ClFN6O4. The molecule has 2 aliphatic heterocycles. The average molecular weight is 603 g/mol. The van der Waals surface area contributed by atoms with Crippen LogP contribution < -0.4 is 4.74 Å². The molecule has 12 heteroatoms. The first-order valence-electron chi connectivity index (χ1n) is 14.1. The van der Waals surface area contributed by atoms with Crippen molar-refractivity contribution in [2.75, 3.05) is 13.2 Å². The van der Waals surface area contributed by atoms with E-state index in [1.54, 1.807) is 36.5 Å². The van der Waals surface area contributed by atoms with Crippen LogP contribution in [0.25, 0.3) is 22.3 Å². The molecule has 220 valence electrons. The minimum atomic E-state index is -0.971. The lowest BCUT2D eigenvalue weighted by atomic mass is 10.0. The molecule has 2 N–H and O–H groups in total. The van der Waals surface area contributed by atoms with E-state index in [0.29, 0.717) is 41.8 Å². The van der Waals surface area contributed by atoms with Crippen LogP contribution in [-0.2, 0) is 37.4 Å². The first-order valence-corrected chi connectivity index (χ1v) is 14.4. The van der Waals surface area contributed by atoms with Gasteiger partial charge < -0.3 is 19.1 Å². The van der Waals surface area contributed by atoms with Crippen molar-refractivity contribution < 1.29 is 23.8 Å². The highest BCUT2D eigenvalue weighted by Gasteiger charge is 2.26. The monoisotopic (exact) mass is 602 g/mol. The SMILES string of the molecule is O=C(O)c1ccc2nc(CN3CCc4cc(-c5cc[nH]n5)c(OCc5ccc(Cl)cc5F)nc4C3)n(C[C@@H]3CCO3)c2c1. The average Bonchev–Trinajstić information content (AvgIpc) is 3.62. The molecule has 0 saturated carbocycles. The number of nitrogens with one attached hydrogen (secondary N) is 1. The van der Waals surface area contributed by atoms with Crippen molar-refractivity contribution in [3.05, 3.63) is 93.8 Å². The van der Waals surface area contributed by atoms with Gasteiger partial charge in [-0.25, -0.2) is 19.2 Å². The summed E-state index contributed by atoms with van der Waals surface area (Å²) in [5, 5.41) is 17.0. The van der Waals surface area contributed by atoms with E-state index in [1.807, 2.05) is 6.07 Å². The molecule has 7 rings (SSSR count). The molecule has 3 aromatic heterocycles. The maximum Gasteiger partial charge on any atom is 0.335 e. The Morgan fingerprint density at radius 1 is 1.19 bits per heavy atom. The summed E-state index contributed by atoms with van der Waals surface area (Å²) >= 11 is 5.92. The largest absolute Gasteiger partial charge is 0.478 e. The van der Waals surface area contributed by atoms with Crippen molar-refractivity contribution in [3.63, 3.8) is 0 Å². The number of carbonyl (C=O) groups is 1. The Balaban J connectivity index is 1.17. The number of hydrogen-bond donors (Lipinski definition) is 2. The molecule has 1 saturated heterocycles. The summed E-state index contributed by atoms with van der Waals surface area (Å²) in [7, 11) is 0. The van der Waals surface area contributed by atoms with Crippen LogP contribution in [0.2, 0.25) is 5.02 Å². The second-order valence-electron chi connectivity index (χ2n) is 10.8. The first-order chi connectivity index (χ1) is 20.9. The van der Waals surface area contributed by atoms with E-state index in [4.69, 9.17) is 31.0 Å². The Morgan fingerprint density at radius 2 is 2.07 bits per heavy atom. The summed E-state index contributed by atoms with van der Waals surface area (Å²) in [5.74, 6) is -0.193. The molecule has 2 aromatic carbocycles. The Hall–Kier alpha value is -4.32. The van der Waals surface area contributed by atoms with Crippen molar-refractivity contribution >= 4 is 28.6 Å². The molecule has 10 nitrogen and oxygen atoms in total. The number of H-pyrrole nitrogens is 1. The standard InChI is InChI=1S/C31H28ClFN6O4/c32-21-3-1-20(24(33)13-21)17-43-30-23(25-5-8-34-37-25)11-18-6-9-38(15-27(18)36-30)16-29-35-26-4-2-19(31(40)41)12-28(26)39(29)14-22-7-10-42-22/h1-5,8,11-13,22H,6-7,9-10,14-17H2,(H,34,37)(H,40,41)/t22-/m0/s1. The Bertz CT molecular complexity index is 1820. The van der Waals surface area contributed by atoms with E-state index < -0.39 is 11.8 Å². The smallest absolute Gasteiger partial charge is 0.335 e. The fourth-order valence-corrected chi connectivity index (χ4v) is 5.74. The van der Waals surface area contributed by atoms with E-state index in [0.717, 1.165) is 59.7 Å². The van der Waals surface area contributed by atoms with Crippen LogP contribution in [0.1, 0.15) is 39.4 Å². The molecule has 1 fully saturated rings. The second-order valence-corrected chi connectivity index (χ2v) is 11.3. The summed E-state index contributed by atoms with van der Waals surface area (Å²) in [6, 6.07) is 13.4. The van der Waals surface area contributed by atoms with Gasteiger partial charge in [0.2, 0.25) is 5.88 Å². The van der Waals surface area contributed by atoms with Crippen LogP contribution in [0.4, 0.5) is 4.39 Å². The molecule has 0 unspecified atom stereocenters. The van der Waals surface area contributed by atoms with Crippen LogP contribution in [0.5, 0.6) is 5.88 Å². The summed E-state index contributed by atoms with van der Waals surface area (Å²) < 4.78 is 28.4. The van der Waals surface area contributed by atoms with Crippen LogP contribution in [-0.4, -0.2) is 60.0 Å². The van der Waals surface area contributed by atoms with Gasteiger partial charge in [-0.1, -0.05) is 17.7 Å². The van der Waals surface area contributed by atoms with Crippen LogP contribution >= 0.6 is 11.6 Å². The number of aromatic carboxylic acids is 1. The van der Waals surface area contributed by atoms with Crippen molar-refractivity contribution in [1.29, 1.82) is 0 Å². The summed E-state index contributed by atoms with van der Waals surface area (Å²) in [6.45, 7) is 3.24. The van der Waals surface area contributed by atoms with Gasteiger partial charge in [0.25, 0.3) is 0 Å². The van der Waals surface area contributed by atoms with Gasteiger partial charge in [0, 0.05) is 36.5 Å². The first kappa shape index (κ1) is 27.5. The molecule has 43 heavy (non-hydrogen) atoms. The van der Waals surface area contributed by atoms with E-state index >= 15 is 0 Å². The summed E-state index contributed by atoms with van der Waals surface area (Å²) in [6.07, 6.45) is 3.54. The number of fused-ring (bicyclic) bond motifs is 2. The number of nitrogens with zero attached hydrogens (tertiary/aromatic N) is 5. The number of carboxylic acids is 1. The fourth-order valence-electron chi connectivity index (χ4n) is 5.58. The molecule has 5 aromatic rings. The van der Waals surface area contributed by atoms with Gasteiger partial charge in [-0.15, -0.1) is 0 Å². The maximum atomic E-state index is 14.5. The van der Waals surface area contributed by atoms with Gasteiger partial charge in [0.15, 0.2) is 0 Å². The Morgan fingerprint density at radius 3 is 2.81 bits per heavy atom. The molecule has 0 bridgehead atoms. The van der Waals surface area contributed by atoms with Crippen molar-refractivity contribution in [2.24, 2.45) is 0 Å². The number of halogens is 2. The van der Waals surface area contributed by atoms with E-state index in [1.165, 1.54) is 6.07 Å². The van der Waals surface area contributed by atoms with Gasteiger partial charge in [-0.3, -0.25) is 10.00 Å². The number of rotatable bonds is 9. The van der Waals surface area contributed by atoms with Gasteiger partial charge >= 0.3 is 5.97 Å². The predicted molar refractivity (Wildman–Crippen MR) is 156 cm³/mol. The Labute approximate surface area is 251 Å². The number of imidazole rings is 1. The molecule has 5 heterocycles. The zero-order chi connectivity index (χ0) is 29.5. The third-order valence-electron chi connectivity index (χ3n) is 8.00. The van der Waals surface area contributed by atoms with Crippen LogP contribution in [0.3, 0.4) is 0 Å². The molecule has 0 radical (unpaired) electrons. The lowest BCUT2D eigenvalue weighted by Crippen LogP contribution is -2.34. The minimum Gasteiger partial charge on any atom is -0.478 e. The summed E-state index contributed by atoms with van der Waals surface area (Å²) in [5.41, 5.74) is 5.54. The molecule has 2 aliphatic rings. The van der Waals surface area contributed by atoms with E-state index in [9.17, 15) is 14.3 Å². The van der Waals surface area contributed by atoms with Gasteiger partial charge in [0.1, 0.15) is 18.2 Å². The zero-order valence-corrected chi connectivity index (χ0v) is 23.9. The molecule has 1 atom stereocenters. The van der Waals surface area contributed by atoms with Crippen LogP contribution in [0.15, 0.2) is 54.7 Å². The number of ether oxygens (including phenoxy) is 2.